The Labute approximate surface area is 135 Å². The Balaban J connectivity index is 2.30. The summed E-state index contributed by atoms with van der Waals surface area (Å²) in [6, 6.07) is 11.4. The van der Waals surface area contributed by atoms with E-state index in [2.05, 4.69) is 31.9 Å². The summed E-state index contributed by atoms with van der Waals surface area (Å²) in [5, 5.41) is 0. The average molecular weight is 401 g/mol. The van der Waals surface area contributed by atoms with Gasteiger partial charge in [0.05, 0.1) is 16.1 Å². The third-order valence-electron chi connectivity index (χ3n) is 2.82. The molecule has 0 amide bonds. The van der Waals surface area contributed by atoms with Gasteiger partial charge in [-0.15, -0.1) is 0 Å². The molecule has 2 aromatic rings. The predicted octanol–water partition coefficient (Wildman–Crippen LogP) is 5.03. The maximum atomic E-state index is 5.89. The van der Waals surface area contributed by atoms with Crippen molar-refractivity contribution in [1.29, 1.82) is 0 Å². The van der Waals surface area contributed by atoms with Gasteiger partial charge in [-0.1, -0.05) is 12.1 Å². The molecular weight excluding hydrogens is 386 g/mol. The Morgan fingerprint density at radius 2 is 1.70 bits per heavy atom. The zero-order valence-electron chi connectivity index (χ0n) is 11.2. The normalized spacial score (nSPS) is 12.1. The van der Waals surface area contributed by atoms with Crippen LogP contribution in [0.25, 0.3) is 0 Å². The zero-order chi connectivity index (χ0) is 14.7. The number of hydrogen-bond donors (Lipinski definition) is 1. The second-order valence-electron chi connectivity index (χ2n) is 4.38. The third kappa shape index (κ3) is 3.53. The van der Waals surface area contributed by atoms with E-state index < -0.39 is 0 Å². The highest BCUT2D eigenvalue weighted by molar-refractivity contribution is 9.11. The smallest absolute Gasteiger partial charge is 0.143 e. The number of halogens is 2. The van der Waals surface area contributed by atoms with Gasteiger partial charge in [-0.2, -0.15) is 0 Å². The standard InChI is InChI=1S/C15H15Br2NO2/c1-9(18)10-4-3-5-11(6-10)20-15-8-12(16)14(19-2)7-13(15)17/h3-9H,18H2,1-2H3. The Hall–Kier alpha value is -1.04. The molecule has 2 N–H and O–H groups in total. The number of methoxy groups -OCH3 is 1. The second-order valence-corrected chi connectivity index (χ2v) is 6.09. The fourth-order valence-corrected chi connectivity index (χ4v) is 2.62. The van der Waals surface area contributed by atoms with Crippen LogP contribution in [0.5, 0.6) is 17.2 Å². The summed E-state index contributed by atoms with van der Waals surface area (Å²) in [5.41, 5.74) is 6.91. The zero-order valence-corrected chi connectivity index (χ0v) is 14.4. The van der Waals surface area contributed by atoms with Crippen molar-refractivity contribution in [3.05, 3.63) is 50.9 Å². The third-order valence-corrected chi connectivity index (χ3v) is 4.06. The Morgan fingerprint density at radius 3 is 2.35 bits per heavy atom. The van der Waals surface area contributed by atoms with Crippen LogP contribution >= 0.6 is 31.9 Å². The summed E-state index contributed by atoms with van der Waals surface area (Å²) in [5.74, 6) is 2.20. The predicted molar refractivity (Wildman–Crippen MR) is 87.5 cm³/mol. The molecule has 0 saturated carbocycles. The molecule has 0 aliphatic heterocycles. The van der Waals surface area contributed by atoms with Crippen LogP contribution < -0.4 is 15.2 Å². The number of rotatable bonds is 4. The molecule has 0 bridgehead atoms. The lowest BCUT2D eigenvalue weighted by molar-refractivity contribution is 0.409. The fraction of sp³-hybridized carbons (Fsp3) is 0.200. The summed E-state index contributed by atoms with van der Waals surface area (Å²) in [7, 11) is 1.62. The van der Waals surface area contributed by atoms with Crippen LogP contribution in [0.1, 0.15) is 18.5 Å². The molecule has 0 aliphatic carbocycles. The van der Waals surface area contributed by atoms with E-state index >= 15 is 0 Å². The molecule has 2 rings (SSSR count). The Kier molecular flexibility index (Phi) is 5.07. The van der Waals surface area contributed by atoms with Crippen LogP contribution in [-0.2, 0) is 0 Å². The van der Waals surface area contributed by atoms with E-state index in [1.807, 2.05) is 43.3 Å². The molecule has 3 nitrogen and oxygen atoms in total. The van der Waals surface area contributed by atoms with E-state index in [1.54, 1.807) is 7.11 Å². The minimum atomic E-state index is -0.0235. The monoisotopic (exact) mass is 399 g/mol. The molecule has 0 heterocycles. The van der Waals surface area contributed by atoms with Crippen molar-refractivity contribution in [2.45, 2.75) is 13.0 Å². The van der Waals surface area contributed by atoms with Gasteiger partial charge in [0.15, 0.2) is 0 Å². The first-order valence-corrected chi connectivity index (χ1v) is 7.66. The van der Waals surface area contributed by atoms with Crippen molar-refractivity contribution in [2.24, 2.45) is 5.73 Å². The first-order chi connectivity index (χ1) is 9.51. The van der Waals surface area contributed by atoms with Gasteiger partial charge in [0.1, 0.15) is 17.2 Å². The van der Waals surface area contributed by atoms with Crippen LogP contribution in [-0.4, -0.2) is 7.11 Å². The number of nitrogens with two attached hydrogens (primary N) is 1. The van der Waals surface area contributed by atoms with E-state index in [9.17, 15) is 0 Å². The van der Waals surface area contributed by atoms with Gasteiger partial charge in [0.2, 0.25) is 0 Å². The van der Waals surface area contributed by atoms with E-state index in [-0.39, 0.29) is 6.04 Å². The van der Waals surface area contributed by atoms with Crippen LogP contribution in [0, 0.1) is 0 Å². The largest absolute Gasteiger partial charge is 0.496 e. The van der Waals surface area contributed by atoms with Gasteiger partial charge in [0.25, 0.3) is 0 Å². The molecule has 0 aromatic heterocycles. The lowest BCUT2D eigenvalue weighted by atomic mass is 10.1. The summed E-state index contributed by atoms with van der Waals surface area (Å²) >= 11 is 6.92. The first kappa shape index (κ1) is 15.4. The molecule has 2 aromatic carbocycles. The number of ether oxygens (including phenoxy) is 2. The van der Waals surface area contributed by atoms with Crippen molar-refractivity contribution in [3.8, 4) is 17.2 Å². The van der Waals surface area contributed by atoms with Gasteiger partial charge in [-0.05, 0) is 68.6 Å². The van der Waals surface area contributed by atoms with E-state index in [1.165, 1.54) is 0 Å². The quantitative estimate of drug-likeness (QED) is 0.782. The molecule has 5 heteroatoms. The van der Waals surface area contributed by atoms with Crippen molar-refractivity contribution in [2.75, 3.05) is 7.11 Å². The minimum Gasteiger partial charge on any atom is -0.496 e. The van der Waals surface area contributed by atoms with E-state index in [4.69, 9.17) is 15.2 Å². The maximum Gasteiger partial charge on any atom is 0.143 e. The molecule has 0 spiro atoms. The van der Waals surface area contributed by atoms with Crippen molar-refractivity contribution < 1.29 is 9.47 Å². The van der Waals surface area contributed by atoms with Crippen molar-refractivity contribution in [1.82, 2.24) is 0 Å². The highest BCUT2D eigenvalue weighted by atomic mass is 79.9. The molecular formula is C15H15Br2NO2. The molecule has 106 valence electrons. The highest BCUT2D eigenvalue weighted by Gasteiger charge is 2.10. The summed E-state index contributed by atoms with van der Waals surface area (Å²) < 4.78 is 12.8. The average Bonchev–Trinajstić information content (AvgIpc) is 2.42. The van der Waals surface area contributed by atoms with Gasteiger partial charge < -0.3 is 15.2 Å². The SMILES string of the molecule is COc1cc(Br)c(Oc2cccc(C(C)N)c2)cc1Br. The van der Waals surface area contributed by atoms with Gasteiger partial charge in [-0.25, -0.2) is 0 Å². The summed E-state index contributed by atoms with van der Waals surface area (Å²) in [6.45, 7) is 1.94. The summed E-state index contributed by atoms with van der Waals surface area (Å²) in [6.07, 6.45) is 0. The topological polar surface area (TPSA) is 44.5 Å². The molecule has 0 radical (unpaired) electrons. The Morgan fingerprint density at radius 1 is 1.05 bits per heavy atom. The molecule has 20 heavy (non-hydrogen) atoms. The lowest BCUT2D eigenvalue weighted by Crippen LogP contribution is -2.04. The van der Waals surface area contributed by atoms with E-state index in [0.29, 0.717) is 5.75 Å². The molecule has 0 saturated heterocycles. The van der Waals surface area contributed by atoms with E-state index in [0.717, 1.165) is 26.0 Å². The van der Waals surface area contributed by atoms with Crippen LogP contribution in [0.2, 0.25) is 0 Å². The van der Waals surface area contributed by atoms with Crippen LogP contribution in [0.4, 0.5) is 0 Å². The molecule has 1 unspecified atom stereocenters. The lowest BCUT2D eigenvalue weighted by Gasteiger charge is -2.12. The first-order valence-electron chi connectivity index (χ1n) is 6.07. The van der Waals surface area contributed by atoms with Gasteiger partial charge in [-0.3, -0.25) is 0 Å². The van der Waals surface area contributed by atoms with Crippen molar-refractivity contribution >= 4 is 31.9 Å². The molecule has 0 aliphatic rings. The van der Waals surface area contributed by atoms with Gasteiger partial charge in [0, 0.05) is 6.04 Å². The second kappa shape index (κ2) is 6.61. The molecule has 1 atom stereocenters. The van der Waals surface area contributed by atoms with Crippen LogP contribution in [0.3, 0.4) is 0 Å². The summed E-state index contributed by atoms with van der Waals surface area (Å²) in [4.78, 5) is 0. The molecule has 0 fully saturated rings. The Bertz CT molecular complexity index is 615. The number of benzene rings is 2. The minimum absolute atomic E-state index is 0.0235. The maximum absolute atomic E-state index is 5.89. The van der Waals surface area contributed by atoms with Crippen LogP contribution in [0.15, 0.2) is 45.3 Å². The van der Waals surface area contributed by atoms with Gasteiger partial charge >= 0.3 is 0 Å². The number of hydrogen-bond acceptors (Lipinski definition) is 3. The van der Waals surface area contributed by atoms with Crippen molar-refractivity contribution in [3.63, 3.8) is 0 Å². The fourth-order valence-electron chi connectivity index (χ4n) is 1.73. The highest BCUT2D eigenvalue weighted by Crippen LogP contribution is 2.38.